The van der Waals surface area contributed by atoms with Gasteiger partial charge in [-0.15, -0.1) is 0 Å². The van der Waals surface area contributed by atoms with Crippen molar-refractivity contribution in [2.24, 2.45) is 5.92 Å². The third-order valence-electron chi connectivity index (χ3n) is 3.41. The van der Waals surface area contributed by atoms with Gasteiger partial charge in [0.1, 0.15) is 5.69 Å². The minimum Gasteiger partial charge on any atom is -0.358 e. The van der Waals surface area contributed by atoms with Gasteiger partial charge in [0.15, 0.2) is 0 Å². The number of rotatable bonds is 6. The summed E-state index contributed by atoms with van der Waals surface area (Å²) in [6.45, 7) is 3.37. The predicted octanol–water partition coefficient (Wildman–Crippen LogP) is 2.28. The maximum absolute atomic E-state index is 12.2. The molecule has 1 unspecified atom stereocenters. The number of benzene rings is 1. The summed E-state index contributed by atoms with van der Waals surface area (Å²) in [6, 6.07) is 7.12. The van der Waals surface area contributed by atoms with Crippen LogP contribution in [0.15, 0.2) is 30.3 Å². The highest BCUT2D eigenvalue weighted by Crippen LogP contribution is 2.24. The molecule has 126 valence electrons. The van der Waals surface area contributed by atoms with Gasteiger partial charge in [-0.3, -0.25) is 14.9 Å². The second-order valence-electron chi connectivity index (χ2n) is 5.25. The molecule has 0 saturated heterocycles. The number of hydrogen-bond donors (Lipinski definition) is 1. The van der Waals surface area contributed by atoms with Crippen LogP contribution in [-0.2, 0) is 11.3 Å². The van der Waals surface area contributed by atoms with E-state index in [1.807, 2.05) is 0 Å². The number of amides is 1. The molecule has 10 nitrogen and oxygen atoms in total. The molecule has 1 aromatic carbocycles. The number of carbonyl (C=O) groups excluding carboxylic acids is 1. The van der Waals surface area contributed by atoms with Crippen molar-refractivity contribution in [2.45, 2.75) is 20.4 Å². The van der Waals surface area contributed by atoms with Crippen LogP contribution in [0, 0.1) is 33.1 Å². The molecule has 0 saturated carbocycles. The molecule has 0 spiro atoms. The number of hydrogen-bond acceptors (Lipinski definition) is 6. The standard InChI is InChI=1S/C14H15N5O5/c1-9(8-17-10(2)7-13(16-17)19(23)24)14(20)15-11-5-3-4-6-12(11)18(21)22/h3-7,9H,8H2,1-2H3,(H,15,20). The van der Waals surface area contributed by atoms with Crippen molar-refractivity contribution >= 4 is 23.1 Å². The summed E-state index contributed by atoms with van der Waals surface area (Å²) in [5, 5.41) is 28.0. The van der Waals surface area contributed by atoms with Crippen molar-refractivity contribution in [1.29, 1.82) is 0 Å². The van der Waals surface area contributed by atoms with Crippen LogP contribution in [-0.4, -0.2) is 25.5 Å². The summed E-state index contributed by atoms with van der Waals surface area (Å²) in [5.74, 6) is -1.33. The predicted molar refractivity (Wildman–Crippen MR) is 84.5 cm³/mol. The summed E-state index contributed by atoms with van der Waals surface area (Å²) in [5.41, 5.74) is 0.443. The minimum atomic E-state index is -0.610. The van der Waals surface area contributed by atoms with Gasteiger partial charge in [-0.05, 0) is 17.9 Å². The molecule has 1 amide bonds. The molecule has 1 atom stereocenters. The third kappa shape index (κ3) is 3.72. The topological polar surface area (TPSA) is 133 Å². The Morgan fingerprint density at radius 1 is 1.29 bits per heavy atom. The highest BCUT2D eigenvalue weighted by Gasteiger charge is 2.22. The van der Waals surface area contributed by atoms with Crippen molar-refractivity contribution in [3.8, 4) is 0 Å². The number of nitro groups is 2. The minimum absolute atomic E-state index is 0.0996. The normalized spacial score (nSPS) is 11.8. The molecular formula is C14H15N5O5. The number of anilines is 1. The molecule has 24 heavy (non-hydrogen) atoms. The molecular weight excluding hydrogens is 318 g/mol. The maximum Gasteiger partial charge on any atom is 0.390 e. The Morgan fingerprint density at radius 3 is 2.54 bits per heavy atom. The zero-order valence-corrected chi connectivity index (χ0v) is 13.0. The van der Waals surface area contributed by atoms with Crippen LogP contribution >= 0.6 is 0 Å². The van der Waals surface area contributed by atoms with Crippen LogP contribution < -0.4 is 5.32 Å². The van der Waals surface area contributed by atoms with E-state index in [0.29, 0.717) is 5.69 Å². The second-order valence-corrected chi connectivity index (χ2v) is 5.25. The van der Waals surface area contributed by atoms with Gasteiger partial charge in [-0.1, -0.05) is 19.1 Å². The summed E-state index contributed by atoms with van der Waals surface area (Å²) >= 11 is 0. The van der Waals surface area contributed by atoms with Crippen LogP contribution in [0.5, 0.6) is 0 Å². The lowest BCUT2D eigenvalue weighted by Crippen LogP contribution is -2.25. The van der Waals surface area contributed by atoms with E-state index in [-0.39, 0.29) is 23.7 Å². The number of nitro benzene ring substituents is 1. The van der Waals surface area contributed by atoms with Crippen LogP contribution in [0.1, 0.15) is 12.6 Å². The molecule has 1 aromatic heterocycles. The Hall–Kier alpha value is -3.30. The molecule has 0 fully saturated rings. The quantitative estimate of drug-likeness (QED) is 0.636. The average molecular weight is 333 g/mol. The maximum atomic E-state index is 12.2. The van der Waals surface area contributed by atoms with Gasteiger partial charge in [0, 0.05) is 6.07 Å². The van der Waals surface area contributed by atoms with E-state index in [1.165, 1.54) is 28.9 Å². The van der Waals surface area contributed by atoms with Gasteiger partial charge in [0.2, 0.25) is 5.91 Å². The lowest BCUT2D eigenvalue weighted by atomic mass is 10.1. The Kier molecular flexibility index (Phi) is 4.87. The van der Waals surface area contributed by atoms with Gasteiger partial charge >= 0.3 is 5.82 Å². The van der Waals surface area contributed by atoms with E-state index in [9.17, 15) is 25.0 Å². The highest BCUT2D eigenvalue weighted by atomic mass is 16.6. The fourth-order valence-corrected chi connectivity index (χ4v) is 2.10. The Bertz CT molecular complexity index is 801. The van der Waals surface area contributed by atoms with Gasteiger partial charge in [0.25, 0.3) is 5.69 Å². The van der Waals surface area contributed by atoms with E-state index >= 15 is 0 Å². The molecule has 0 aliphatic heterocycles. The van der Waals surface area contributed by atoms with Gasteiger partial charge < -0.3 is 15.4 Å². The lowest BCUT2D eigenvalue weighted by molar-refractivity contribution is -0.389. The molecule has 2 rings (SSSR count). The Morgan fingerprint density at radius 2 is 1.96 bits per heavy atom. The van der Waals surface area contributed by atoms with Crippen molar-refractivity contribution in [2.75, 3.05) is 5.32 Å². The van der Waals surface area contributed by atoms with Crippen LogP contribution in [0.2, 0.25) is 0 Å². The summed E-state index contributed by atoms with van der Waals surface area (Å²) < 4.78 is 1.36. The number of para-hydroxylation sites is 2. The summed E-state index contributed by atoms with van der Waals surface area (Å²) in [4.78, 5) is 32.7. The molecule has 0 bridgehead atoms. The molecule has 10 heteroatoms. The number of carbonyl (C=O) groups is 1. The number of aryl methyl sites for hydroxylation is 1. The molecule has 0 aliphatic rings. The van der Waals surface area contributed by atoms with Gasteiger partial charge in [-0.2, -0.15) is 4.68 Å². The van der Waals surface area contributed by atoms with E-state index in [4.69, 9.17) is 0 Å². The molecule has 1 N–H and O–H groups in total. The average Bonchev–Trinajstić information content (AvgIpc) is 2.89. The largest absolute Gasteiger partial charge is 0.390 e. The van der Waals surface area contributed by atoms with Gasteiger partial charge in [-0.25, -0.2) is 0 Å². The molecule has 1 heterocycles. The van der Waals surface area contributed by atoms with Crippen LogP contribution in [0.4, 0.5) is 17.2 Å². The Labute approximate surface area is 136 Å². The van der Waals surface area contributed by atoms with E-state index in [2.05, 4.69) is 10.4 Å². The van der Waals surface area contributed by atoms with Crippen molar-refractivity contribution in [3.63, 3.8) is 0 Å². The van der Waals surface area contributed by atoms with E-state index < -0.39 is 21.7 Å². The zero-order valence-electron chi connectivity index (χ0n) is 13.0. The Balaban J connectivity index is 2.11. The molecule has 2 aromatic rings. The third-order valence-corrected chi connectivity index (χ3v) is 3.41. The molecule has 0 aliphatic carbocycles. The summed E-state index contributed by atoms with van der Waals surface area (Å²) in [6.07, 6.45) is 0. The van der Waals surface area contributed by atoms with E-state index in [0.717, 1.165) is 0 Å². The molecule has 0 radical (unpaired) electrons. The number of aromatic nitrogens is 2. The lowest BCUT2D eigenvalue weighted by Gasteiger charge is -2.11. The van der Waals surface area contributed by atoms with E-state index in [1.54, 1.807) is 19.9 Å². The van der Waals surface area contributed by atoms with Crippen molar-refractivity contribution in [3.05, 3.63) is 56.3 Å². The smallest absolute Gasteiger partial charge is 0.358 e. The van der Waals surface area contributed by atoms with Crippen LogP contribution in [0.25, 0.3) is 0 Å². The van der Waals surface area contributed by atoms with Crippen LogP contribution in [0.3, 0.4) is 0 Å². The zero-order chi connectivity index (χ0) is 17.9. The SMILES string of the molecule is Cc1cc([N+](=O)[O-])nn1CC(C)C(=O)Nc1ccccc1[N+](=O)[O-]. The number of nitrogens with zero attached hydrogens (tertiary/aromatic N) is 4. The monoisotopic (exact) mass is 333 g/mol. The second kappa shape index (κ2) is 6.86. The first-order chi connectivity index (χ1) is 11.3. The number of nitrogens with one attached hydrogen (secondary N) is 1. The highest BCUT2D eigenvalue weighted by molar-refractivity contribution is 5.94. The fourth-order valence-electron chi connectivity index (χ4n) is 2.10. The first-order valence-corrected chi connectivity index (χ1v) is 7.02. The van der Waals surface area contributed by atoms with Crippen molar-refractivity contribution < 1.29 is 14.6 Å². The first-order valence-electron chi connectivity index (χ1n) is 7.02. The van der Waals surface area contributed by atoms with Gasteiger partial charge in [0.05, 0.1) is 34.2 Å². The first kappa shape index (κ1) is 17.1. The summed E-state index contributed by atoms with van der Waals surface area (Å²) in [7, 11) is 0. The fraction of sp³-hybridized carbons (Fsp3) is 0.286. The van der Waals surface area contributed by atoms with Crippen molar-refractivity contribution in [1.82, 2.24) is 9.78 Å².